The number of nitriles is 1. The van der Waals surface area contributed by atoms with Crippen LogP contribution in [0.2, 0.25) is 0 Å². The minimum Gasteiger partial charge on any atom is -0.462 e. The molecule has 1 aliphatic rings. The molecule has 0 radical (unpaired) electrons. The lowest BCUT2D eigenvalue weighted by atomic mass is 10.1. The smallest absolute Gasteiger partial charge is 0.350 e. The second kappa shape index (κ2) is 7.74. The van der Waals surface area contributed by atoms with Crippen LogP contribution in [0.4, 0.5) is 0 Å². The first kappa shape index (κ1) is 18.7. The molecule has 1 atom stereocenters. The fourth-order valence-electron chi connectivity index (χ4n) is 3.58. The maximum Gasteiger partial charge on any atom is 0.350 e. The molecule has 0 aliphatic carbocycles. The van der Waals surface area contributed by atoms with Crippen LogP contribution in [0.5, 0.6) is 0 Å². The van der Waals surface area contributed by atoms with Crippen molar-refractivity contribution in [2.24, 2.45) is 0 Å². The molecule has 4 rings (SSSR count). The van der Waals surface area contributed by atoms with E-state index in [1.165, 1.54) is 11.3 Å². The molecule has 0 amide bonds. The Morgan fingerprint density at radius 3 is 3.07 bits per heavy atom. The van der Waals surface area contributed by atoms with Gasteiger partial charge in [-0.05, 0) is 44.9 Å². The molecule has 0 spiro atoms. The number of hydrogen-bond acceptors (Lipinski definition) is 6. The molecule has 28 heavy (non-hydrogen) atoms. The summed E-state index contributed by atoms with van der Waals surface area (Å²) >= 11 is 1.32. The largest absolute Gasteiger partial charge is 0.462 e. The van der Waals surface area contributed by atoms with Crippen LogP contribution in [0.3, 0.4) is 0 Å². The molecule has 0 N–H and O–H groups in total. The fraction of sp³-hybridized carbons (Fsp3) is 0.381. The number of fused-ring (bicyclic) bond motifs is 1. The predicted octanol–water partition coefficient (Wildman–Crippen LogP) is 4.30. The van der Waals surface area contributed by atoms with E-state index in [4.69, 9.17) is 9.47 Å². The van der Waals surface area contributed by atoms with Gasteiger partial charge in [0.05, 0.1) is 24.0 Å². The highest BCUT2D eigenvalue weighted by Gasteiger charge is 2.20. The Morgan fingerprint density at radius 2 is 2.36 bits per heavy atom. The zero-order chi connectivity index (χ0) is 19.7. The molecule has 3 heterocycles. The summed E-state index contributed by atoms with van der Waals surface area (Å²) in [6.45, 7) is 5.49. The van der Waals surface area contributed by atoms with Gasteiger partial charge in [0.2, 0.25) is 0 Å². The zero-order valence-corrected chi connectivity index (χ0v) is 16.7. The van der Waals surface area contributed by atoms with Crippen LogP contribution >= 0.6 is 11.3 Å². The van der Waals surface area contributed by atoms with Crippen molar-refractivity contribution in [3.05, 3.63) is 40.5 Å². The first-order chi connectivity index (χ1) is 13.6. The quantitative estimate of drug-likeness (QED) is 0.602. The number of carbonyl (C=O) groups is 1. The van der Waals surface area contributed by atoms with Crippen LogP contribution in [0.25, 0.3) is 21.5 Å². The third kappa shape index (κ3) is 3.41. The number of thiazole rings is 1. The third-order valence-corrected chi connectivity index (χ3v) is 6.12. The van der Waals surface area contributed by atoms with Crippen LogP contribution in [0.1, 0.15) is 40.7 Å². The standard InChI is InChI=1S/C21H21N3O3S/c1-3-26-21(25)19-13(2)23-20(28-19)14-6-7-18-17(9-14)15(10-22)11-24(18)12-16-5-4-8-27-16/h6-7,9,11,16H,3-5,8,12H2,1-2H3. The van der Waals surface area contributed by atoms with Gasteiger partial charge in [-0.15, -0.1) is 11.3 Å². The number of nitrogens with zero attached hydrogens (tertiary/aromatic N) is 3. The summed E-state index contributed by atoms with van der Waals surface area (Å²) in [7, 11) is 0. The maximum atomic E-state index is 12.1. The molecule has 1 aliphatic heterocycles. The van der Waals surface area contributed by atoms with E-state index in [2.05, 4.69) is 15.6 Å². The van der Waals surface area contributed by atoms with Crippen molar-refractivity contribution in [1.29, 1.82) is 5.26 Å². The number of benzene rings is 1. The maximum absolute atomic E-state index is 12.1. The average Bonchev–Trinajstić information content (AvgIpc) is 3.41. The zero-order valence-electron chi connectivity index (χ0n) is 15.9. The molecule has 1 fully saturated rings. The fourth-order valence-corrected chi connectivity index (χ4v) is 4.54. The molecule has 3 aromatic rings. The highest BCUT2D eigenvalue weighted by atomic mass is 32.1. The second-order valence-electron chi connectivity index (χ2n) is 6.83. The highest BCUT2D eigenvalue weighted by molar-refractivity contribution is 7.17. The van der Waals surface area contributed by atoms with Crippen molar-refractivity contribution >= 4 is 28.2 Å². The van der Waals surface area contributed by atoms with Gasteiger partial charge in [0.15, 0.2) is 0 Å². The van der Waals surface area contributed by atoms with Gasteiger partial charge in [-0.3, -0.25) is 0 Å². The molecule has 6 nitrogen and oxygen atoms in total. The number of rotatable bonds is 5. The first-order valence-corrected chi connectivity index (χ1v) is 10.2. The summed E-state index contributed by atoms with van der Waals surface area (Å²) in [5.41, 5.74) is 3.20. The molecule has 7 heteroatoms. The van der Waals surface area contributed by atoms with Crippen molar-refractivity contribution in [3.8, 4) is 16.6 Å². The van der Waals surface area contributed by atoms with Gasteiger partial charge in [-0.1, -0.05) is 0 Å². The summed E-state index contributed by atoms with van der Waals surface area (Å²) in [5, 5.41) is 11.2. The van der Waals surface area contributed by atoms with Crippen molar-refractivity contribution in [1.82, 2.24) is 9.55 Å². The number of esters is 1. The van der Waals surface area contributed by atoms with E-state index < -0.39 is 0 Å². The lowest BCUT2D eigenvalue weighted by Gasteiger charge is -2.11. The summed E-state index contributed by atoms with van der Waals surface area (Å²) in [6, 6.07) is 8.28. The predicted molar refractivity (Wildman–Crippen MR) is 107 cm³/mol. The van der Waals surface area contributed by atoms with Gasteiger partial charge < -0.3 is 14.0 Å². The topological polar surface area (TPSA) is 77.1 Å². The van der Waals surface area contributed by atoms with Crippen LogP contribution in [0, 0.1) is 18.3 Å². The molecule has 2 aromatic heterocycles. The van der Waals surface area contributed by atoms with Crippen molar-refractivity contribution in [2.75, 3.05) is 13.2 Å². The molecular formula is C21H21N3O3S. The van der Waals surface area contributed by atoms with E-state index in [1.54, 1.807) is 6.92 Å². The van der Waals surface area contributed by atoms with Crippen LogP contribution in [-0.2, 0) is 16.0 Å². The van der Waals surface area contributed by atoms with E-state index >= 15 is 0 Å². The van der Waals surface area contributed by atoms with Gasteiger partial charge in [0.1, 0.15) is 16.0 Å². The van der Waals surface area contributed by atoms with Crippen LogP contribution in [0.15, 0.2) is 24.4 Å². The van der Waals surface area contributed by atoms with E-state index in [-0.39, 0.29) is 12.1 Å². The number of hydrogen-bond donors (Lipinski definition) is 0. The molecule has 0 bridgehead atoms. The molecule has 1 aromatic carbocycles. The SMILES string of the molecule is CCOC(=O)c1sc(-c2ccc3c(c2)c(C#N)cn3CC2CCCO2)nc1C. The highest BCUT2D eigenvalue weighted by Crippen LogP contribution is 2.32. The Labute approximate surface area is 167 Å². The Balaban J connectivity index is 1.71. The summed E-state index contributed by atoms with van der Waals surface area (Å²) in [4.78, 5) is 17.1. The summed E-state index contributed by atoms with van der Waals surface area (Å²) in [6.07, 6.45) is 4.24. The van der Waals surface area contributed by atoms with Gasteiger partial charge in [-0.2, -0.15) is 5.26 Å². The van der Waals surface area contributed by atoms with Gasteiger partial charge in [-0.25, -0.2) is 9.78 Å². The van der Waals surface area contributed by atoms with E-state index in [0.29, 0.717) is 22.7 Å². The van der Waals surface area contributed by atoms with E-state index in [9.17, 15) is 10.1 Å². The van der Waals surface area contributed by atoms with Crippen molar-refractivity contribution in [3.63, 3.8) is 0 Å². The van der Waals surface area contributed by atoms with Crippen molar-refractivity contribution in [2.45, 2.75) is 39.3 Å². The Kier molecular flexibility index (Phi) is 5.16. The number of carbonyl (C=O) groups excluding carboxylic acids is 1. The average molecular weight is 395 g/mol. The van der Waals surface area contributed by atoms with Crippen LogP contribution < -0.4 is 0 Å². The minimum atomic E-state index is -0.342. The third-order valence-electron chi connectivity index (χ3n) is 4.93. The van der Waals surface area contributed by atoms with E-state index in [0.717, 1.165) is 47.5 Å². The summed E-state index contributed by atoms with van der Waals surface area (Å²) in [5.74, 6) is -0.342. The van der Waals surface area contributed by atoms with Gasteiger partial charge in [0.25, 0.3) is 0 Å². The number of aromatic nitrogens is 2. The van der Waals surface area contributed by atoms with Crippen LogP contribution in [-0.4, -0.2) is 34.8 Å². The number of aryl methyl sites for hydroxylation is 1. The molecule has 1 unspecified atom stereocenters. The molecular weight excluding hydrogens is 374 g/mol. The number of ether oxygens (including phenoxy) is 2. The molecule has 144 valence electrons. The van der Waals surface area contributed by atoms with Gasteiger partial charge in [0, 0.05) is 35.8 Å². The Bertz CT molecular complexity index is 1070. The first-order valence-electron chi connectivity index (χ1n) is 9.40. The monoisotopic (exact) mass is 395 g/mol. The molecule has 1 saturated heterocycles. The lowest BCUT2D eigenvalue weighted by Crippen LogP contribution is -2.13. The Hall–Kier alpha value is -2.69. The Morgan fingerprint density at radius 1 is 1.50 bits per heavy atom. The van der Waals surface area contributed by atoms with Crippen molar-refractivity contribution < 1.29 is 14.3 Å². The lowest BCUT2D eigenvalue weighted by molar-refractivity contribution is 0.0531. The minimum absolute atomic E-state index is 0.204. The molecule has 0 saturated carbocycles. The normalized spacial score (nSPS) is 16.4. The second-order valence-corrected chi connectivity index (χ2v) is 7.83. The summed E-state index contributed by atoms with van der Waals surface area (Å²) < 4.78 is 13.0. The van der Waals surface area contributed by atoms with E-state index in [1.807, 2.05) is 31.3 Å². The van der Waals surface area contributed by atoms with Gasteiger partial charge >= 0.3 is 5.97 Å².